The highest BCUT2D eigenvalue weighted by molar-refractivity contribution is 5.35. The fourth-order valence-electron chi connectivity index (χ4n) is 1.78. The van der Waals surface area contributed by atoms with Crippen LogP contribution in [0.25, 0.3) is 0 Å². The maximum Gasteiger partial charge on any atom is 0.147 e. The zero-order valence-corrected chi connectivity index (χ0v) is 8.67. The maximum atomic E-state index is 4.45. The molecule has 2 rings (SSSR count). The van der Waals surface area contributed by atoms with Gasteiger partial charge in [0.15, 0.2) is 0 Å². The molecule has 2 N–H and O–H groups in total. The molecule has 4 heteroatoms. The lowest BCUT2D eigenvalue weighted by Crippen LogP contribution is -2.16. The number of rotatable bonds is 2. The molecule has 1 aromatic heterocycles. The van der Waals surface area contributed by atoms with Gasteiger partial charge in [0.1, 0.15) is 11.6 Å². The van der Waals surface area contributed by atoms with Crippen LogP contribution in [0.4, 0.5) is 5.82 Å². The molecule has 0 aromatic carbocycles. The van der Waals surface area contributed by atoms with Crippen LogP contribution in [0.5, 0.6) is 0 Å². The average Bonchev–Trinajstić information content (AvgIpc) is 2.69. The van der Waals surface area contributed by atoms with E-state index in [9.17, 15) is 0 Å². The highest BCUT2D eigenvalue weighted by atomic mass is 15.1. The van der Waals surface area contributed by atoms with Gasteiger partial charge in [-0.15, -0.1) is 0 Å². The second kappa shape index (κ2) is 3.92. The van der Waals surface area contributed by atoms with Crippen LogP contribution in [0.3, 0.4) is 0 Å². The lowest BCUT2D eigenvalue weighted by atomic mass is 10.2. The summed E-state index contributed by atoms with van der Waals surface area (Å²) in [7, 11) is 1.88. The molecule has 0 saturated carbocycles. The number of hydrogen-bond donors (Lipinski definition) is 2. The van der Waals surface area contributed by atoms with Gasteiger partial charge in [-0.2, -0.15) is 0 Å². The van der Waals surface area contributed by atoms with E-state index in [-0.39, 0.29) is 0 Å². The zero-order valence-electron chi connectivity index (χ0n) is 8.67. The molecular weight excluding hydrogens is 176 g/mol. The Morgan fingerprint density at radius 1 is 1.50 bits per heavy atom. The Balaban J connectivity index is 2.27. The number of aryl methyl sites for hydroxylation is 1. The SMILES string of the molecule is CNc1cc(C)nc([C@H]2CCCN2)n1. The van der Waals surface area contributed by atoms with E-state index in [1.54, 1.807) is 0 Å². The highest BCUT2D eigenvalue weighted by Gasteiger charge is 2.19. The van der Waals surface area contributed by atoms with Crippen LogP contribution in [0, 0.1) is 6.92 Å². The normalized spacial score (nSPS) is 21.1. The van der Waals surface area contributed by atoms with E-state index in [1.807, 2.05) is 20.0 Å². The second-order valence-electron chi connectivity index (χ2n) is 3.65. The molecule has 1 aromatic rings. The molecule has 0 aliphatic carbocycles. The van der Waals surface area contributed by atoms with Crippen LogP contribution in [-0.4, -0.2) is 23.6 Å². The summed E-state index contributed by atoms with van der Waals surface area (Å²) in [5.41, 5.74) is 1.02. The Labute approximate surface area is 84.2 Å². The third kappa shape index (κ3) is 1.85. The minimum Gasteiger partial charge on any atom is -0.373 e. The second-order valence-corrected chi connectivity index (χ2v) is 3.65. The van der Waals surface area contributed by atoms with Crippen LogP contribution in [0.1, 0.15) is 30.4 Å². The van der Waals surface area contributed by atoms with Gasteiger partial charge < -0.3 is 10.6 Å². The Hall–Kier alpha value is -1.16. The predicted octanol–water partition coefficient (Wildman–Crippen LogP) is 1.25. The van der Waals surface area contributed by atoms with Crippen molar-refractivity contribution in [2.45, 2.75) is 25.8 Å². The number of nitrogens with one attached hydrogen (secondary N) is 2. The topological polar surface area (TPSA) is 49.8 Å². The molecule has 1 fully saturated rings. The van der Waals surface area contributed by atoms with Crippen molar-refractivity contribution >= 4 is 5.82 Å². The first-order valence-corrected chi connectivity index (χ1v) is 5.06. The molecular formula is C10H16N4. The van der Waals surface area contributed by atoms with Crippen molar-refractivity contribution in [1.82, 2.24) is 15.3 Å². The van der Waals surface area contributed by atoms with Crippen LogP contribution < -0.4 is 10.6 Å². The highest BCUT2D eigenvalue weighted by Crippen LogP contribution is 2.21. The van der Waals surface area contributed by atoms with Gasteiger partial charge in [0.05, 0.1) is 6.04 Å². The van der Waals surface area contributed by atoms with E-state index < -0.39 is 0 Å². The number of aromatic nitrogens is 2. The van der Waals surface area contributed by atoms with Crippen molar-refractivity contribution in [3.05, 3.63) is 17.6 Å². The van der Waals surface area contributed by atoms with Crippen molar-refractivity contribution in [3.63, 3.8) is 0 Å². The quantitative estimate of drug-likeness (QED) is 0.740. The summed E-state index contributed by atoms with van der Waals surface area (Å²) in [6.45, 7) is 3.08. The summed E-state index contributed by atoms with van der Waals surface area (Å²) in [5.74, 6) is 1.83. The van der Waals surface area contributed by atoms with Crippen LogP contribution >= 0.6 is 0 Å². The molecule has 1 aliphatic heterocycles. The van der Waals surface area contributed by atoms with E-state index in [4.69, 9.17) is 0 Å². The van der Waals surface area contributed by atoms with E-state index in [0.29, 0.717) is 6.04 Å². The van der Waals surface area contributed by atoms with Gasteiger partial charge in [-0.1, -0.05) is 0 Å². The summed E-state index contributed by atoms with van der Waals surface area (Å²) in [5, 5.41) is 6.45. The summed E-state index contributed by atoms with van der Waals surface area (Å²) >= 11 is 0. The van der Waals surface area contributed by atoms with Gasteiger partial charge >= 0.3 is 0 Å². The smallest absolute Gasteiger partial charge is 0.147 e. The Morgan fingerprint density at radius 3 is 3.00 bits per heavy atom. The zero-order chi connectivity index (χ0) is 9.97. The molecule has 1 saturated heterocycles. The molecule has 1 atom stereocenters. The first-order chi connectivity index (χ1) is 6.79. The number of anilines is 1. The van der Waals surface area contributed by atoms with E-state index in [1.165, 1.54) is 6.42 Å². The van der Waals surface area contributed by atoms with Gasteiger partial charge in [-0.3, -0.25) is 0 Å². The third-order valence-corrected chi connectivity index (χ3v) is 2.50. The first kappa shape index (κ1) is 9.40. The monoisotopic (exact) mass is 192 g/mol. The van der Waals surface area contributed by atoms with Gasteiger partial charge in [-0.25, -0.2) is 9.97 Å². The molecule has 4 nitrogen and oxygen atoms in total. The van der Waals surface area contributed by atoms with Gasteiger partial charge in [0.2, 0.25) is 0 Å². The van der Waals surface area contributed by atoms with Gasteiger partial charge in [0.25, 0.3) is 0 Å². The van der Waals surface area contributed by atoms with Crippen LogP contribution in [0.2, 0.25) is 0 Å². The summed E-state index contributed by atoms with van der Waals surface area (Å²) in [4.78, 5) is 8.90. The Bertz CT molecular complexity index is 318. The fraction of sp³-hybridized carbons (Fsp3) is 0.600. The maximum absolute atomic E-state index is 4.45. The summed E-state index contributed by atoms with van der Waals surface area (Å²) in [6.07, 6.45) is 2.36. The molecule has 0 radical (unpaired) electrons. The van der Waals surface area contributed by atoms with Crippen LogP contribution in [-0.2, 0) is 0 Å². The third-order valence-electron chi connectivity index (χ3n) is 2.50. The molecule has 14 heavy (non-hydrogen) atoms. The van der Waals surface area contributed by atoms with Crippen molar-refractivity contribution in [2.24, 2.45) is 0 Å². The number of hydrogen-bond acceptors (Lipinski definition) is 4. The minimum atomic E-state index is 0.349. The standard InChI is InChI=1S/C10H16N4/c1-7-6-9(11-2)14-10(13-7)8-4-3-5-12-8/h6,8,12H,3-5H2,1-2H3,(H,11,13,14)/t8-/m1/s1. The average molecular weight is 192 g/mol. The molecule has 0 unspecified atom stereocenters. The van der Waals surface area contributed by atoms with E-state index in [2.05, 4.69) is 20.6 Å². The lowest BCUT2D eigenvalue weighted by molar-refractivity contribution is 0.603. The summed E-state index contributed by atoms with van der Waals surface area (Å²) < 4.78 is 0. The van der Waals surface area contributed by atoms with Crippen molar-refractivity contribution < 1.29 is 0 Å². The van der Waals surface area contributed by atoms with Gasteiger partial charge in [-0.05, 0) is 26.3 Å². The molecule has 0 bridgehead atoms. The molecule has 2 heterocycles. The van der Waals surface area contributed by atoms with Gasteiger partial charge in [0, 0.05) is 18.8 Å². The lowest BCUT2D eigenvalue weighted by Gasteiger charge is -2.10. The summed E-state index contributed by atoms with van der Waals surface area (Å²) in [6, 6.07) is 2.31. The molecule has 0 spiro atoms. The minimum absolute atomic E-state index is 0.349. The van der Waals surface area contributed by atoms with E-state index >= 15 is 0 Å². The predicted molar refractivity (Wildman–Crippen MR) is 56.3 cm³/mol. The van der Waals surface area contributed by atoms with Crippen LogP contribution in [0.15, 0.2) is 6.07 Å². The number of nitrogens with zero attached hydrogens (tertiary/aromatic N) is 2. The Morgan fingerprint density at radius 2 is 2.36 bits per heavy atom. The van der Waals surface area contributed by atoms with Crippen molar-refractivity contribution in [2.75, 3.05) is 18.9 Å². The largest absolute Gasteiger partial charge is 0.373 e. The van der Waals surface area contributed by atoms with Crippen molar-refractivity contribution in [1.29, 1.82) is 0 Å². The fourth-order valence-corrected chi connectivity index (χ4v) is 1.78. The molecule has 0 amide bonds. The molecule has 76 valence electrons. The Kier molecular flexibility index (Phi) is 2.63. The van der Waals surface area contributed by atoms with E-state index in [0.717, 1.165) is 30.3 Å². The first-order valence-electron chi connectivity index (χ1n) is 5.06. The molecule has 1 aliphatic rings. The van der Waals surface area contributed by atoms with Crippen molar-refractivity contribution in [3.8, 4) is 0 Å².